The summed E-state index contributed by atoms with van der Waals surface area (Å²) in [5.41, 5.74) is 3.44. The third-order valence-corrected chi connectivity index (χ3v) is 5.31. The fourth-order valence-corrected chi connectivity index (χ4v) is 3.38. The van der Waals surface area contributed by atoms with Crippen molar-refractivity contribution in [1.29, 1.82) is 0 Å². The number of allylic oxidation sites excluding steroid dienone is 2. The van der Waals surface area contributed by atoms with Gasteiger partial charge in [-0.15, -0.1) is 0 Å². The molecule has 8 heteroatoms. The molecule has 0 atom stereocenters. The van der Waals surface area contributed by atoms with E-state index in [1.54, 1.807) is 12.3 Å². The van der Waals surface area contributed by atoms with Gasteiger partial charge in [-0.3, -0.25) is 9.97 Å². The summed E-state index contributed by atoms with van der Waals surface area (Å²) < 4.78 is 38.2. The Morgan fingerprint density at radius 1 is 1.22 bits per heavy atom. The zero-order chi connectivity index (χ0) is 23.3. The maximum absolute atomic E-state index is 13.8. The van der Waals surface area contributed by atoms with Gasteiger partial charge in [0.15, 0.2) is 5.82 Å². The SMILES string of the molecule is C=C(OCCCC)c1cc(N2CC(Cl)=C(OCc3ncc(F)cc3F)C=C2C)c(C)cn1. The standard InChI is InChI=1S/C24H26ClF2N3O2/c1-5-6-7-31-17(4)21-10-23(15(2)11-28-21)30-13-19(25)24(8-16(30)3)32-14-22-20(27)9-18(26)12-29-22/h8-12H,4-7,13-14H2,1-3H3. The van der Waals surface area contributed by atoms with Crippen LogP contribution in [0.1, 0.15) is 43.6 Å². The van der Waals surface area contributed by atoms with Gasteiger partial charge < -0.3 is 14.4 Å². The van der Waals surface area contributed by atoms with Crippen molar-refractivity contribution in [2.45, 2.75) is 40.2 Å². The molecule has 0 N–H and O–H groups in total. The van der Waals surface area contributed by atoms with E-state index in [1.165, 1.54) is 0 Å². The van der Waals surface area contributed by atoms with Crippen LogP contribution in [-0.4, -0.2) is 23.1 Å². The molecule has 0 saturated carbocycles. The molecule has 32 heavy (non-hydrogen) atoms. The normalized spacial score (nSPS) is 13.8. The number of unbranched alkanes of at least 4 members (excludes halogenated alkanes) is 1. The van der Waals surface area contributed by atoms with E-state index in [9.17, 15) is 8.78 Å². The predicted molar refractivity (Wildman–Crippen MR) is 122 cm³/mol. The van der Waals surface area contributed by atoms with E-state index in [2.05, 4.69) is 23.5 Å². The van der Waals surface area contributed by atoms with Gasteiger partial charge in [0, 0.05) is 29.7 Å². The van der Waals surface area contributed by atoms with Gasteiger partial charge in [-0.1, -0.05) is 31.5 Å². The highest BCUT2D eigenvalue weighted by molar-refractivity contribution is 6.30. The maximum Gasteiger partial charge on any atom is 0.151 e. The number of rotatable bonds is 9. The van der Waals surface area contributed by atoms with Gasteiger partial charge in [-0.25, -0.2) is 8.78 Å². The van der Waals surface area contributed by atoms with Crippen molar-refractivity contribution >= 4 is 23.0 Å². The third kappa shape index (κ3) is 5.65. The van der Waals surface area contributed by atoms with Crippen LogP contribution in [0.5, 0.6) is 0 Å². The van der Waals surface area contributed by atoms with E-state index in [0.29, 0.717) is 35.4 Å². The zero-order valence-electron chi connectivity index (χ0n) is 18.4. The molecular formula is C24H26ClF2N3O2. The fraction of sp³-hybridized carbons (Fsp3) is 0.333. The lowest BCUT2D eigenvalue weighted by atomic mass is 10.1. The second kappa shape index (κ2) is 10.6. The summed E-state index contributed by atoms with van der Waals surface area (Å²) in [5.74, 6) is -0.553. The number of aryl methyl sites for hydroxylation is 1. The van der Waals surface area contributed by atoms with Crippen LogP contribution >= 0.6 is 11.6 Å². The van der Waals surface area contributed by atoms with E-state index in [1.807, 2.05) is 24.8 Å². The minimum absolute atomic E-state index is 0.00746. The molecule has 5 nitrogen and oxygen atoms in total. The van der Waals surface area contributed by atoms with E-state index in [0.717, 1.165) is 42.1 Å². The van der Waals surface area contributed by atoms with Gasteiger partial charge in [0.2, 0.25) is 0 Å². The first-order chi connectivity index (χ1) is 15.3. The van der Waals surface area contributed by atoms with Gasteiger partial charge in [0.1, 0.15) is 35.3 Å². The summed E-state index contributed by atoms with van der Waals surface area (Å²) in [4.78, 5) is 10.2. The first-order valence-electron chi connectivity index (χ1n) is 10.4. The number of pyridine rings is 2. The van der Waals surface area contributed by atoms with Crippen molar-refractivity contribution in [2.75, 3.05) is 18.1 Å². The highest BCUT2D eigenvalue weighted by atomic mass is 35.5. The Hall–Kier alpha value is -2.93. The van der Waals surface area contributed by atoms with Crippen molar-refractivity contribution in [3.8, 4) is 0 Å². The van der Waals surface area contributed by atoms with Crippen LogP contribution in [-0.2, 0) is 16.1 Å². The van der Waals surface area contributed by atoms with Gasteiger partial charge in [-0.05, 0) is 31.9 Å². The number of aromatic nitrogens is 2. The Labute approximate surface area is 192 Å². The molecule has 3 heterocycles. The molecule has 1 aliphatic heterocycles. The molecular weight excluding hydrogens is 436 g/mol. The van der Waals surface area contributed by atoms with E-state index >= 15 is 0 Å². The van der Waals surface area contributed by atoms with Crippen molar-refractivity contribution in [2.24, 2.45) is 0 Å². The molecule has 0 aromatic carbocycles. The highest BCUT2D eigenvalue weighted by Crippen LogP contribution is 2.32. The molecule has 0 saturated heterocycles. The first kappa shape index (κ1) is 23.7. The van der Waals surface area contributed by atoms with Crippen molar-refractivity contribution < 1.29 is 18.3 Å². The number of hydrogen-bond donors (Lipinski definition) is 0. The summed E-state index contributed by atoms with van der Waals surface area (Å²) in [7, 11) is 0. The molecule has 2 aromatic heterocycles. The minimum Gasteiger partial charge on any atom is -0.492 e. The number of anilines is 1. The molecule has 2 aromatic rings. The topological polar surface area (TPSA) is 47.5 Å². The Morgan fingerprint density at radius 3 is 2.72 bits per heavy atom. The Morgan fingerprint density at radius 2 is 2.00 bits per heavy atom. The van der Waals surface area contributed by atoms with Crippen molar-refractivity contribution in [3.05, 3.63) is 82.3 Å². The van der Waals surface area contributed by atoms with Gasteiger partial charge in [0.25, 0.3) is 0 Å². The number of halogens is 3. The van der Waals surface area contributed by atoms with Crippen molar-refractivity contribution in [3.63, 3.8) is 0 Å². The van der Waals surface area contributed by atoms with Crippen LogP contribution in [0.3, 0.4) is 0 Å². The monoisotopic (exact) mass is 461 g/mol. The lowest BCUT2D eigenvalue weighted by Crippen LogP contribution is -2.27. The molecule has 3 rings (SSSR count). The first-order valence-corrected chi connectivity index (χ1v) is 10.7. The molecule has 0 aliphatic carbocycles. The van der Waals surface area contributed by atoms with Crippen LogP contribution < -0.4 is 4.90 Å². The molecule has 0 bridgehead atoms. The number of ether oxygens (including phenoxy) is 2. The van der Waals surface area contributed by atoms with Gasteiger partial charge in [-0.2, -0.15) is 0 Å². The Bertz CT molecular complexity index is 1070. The Kier molecular flexibility index (Phi) is 7.85. The molecule has 0 unspecified atom stereocenters. The number of nitrogens with zero attached hydrogens (tertiary/aromatic N) is 3. The van der Waals surface area contributed by atoms with Crippen molar-refractivity contribution in [1.82, 2.24) is 9.97 Å². The fourth-order valence-electron chi connectivity index (χ4n) is 3.15. The van der Waals surface area contributed by atoms with Crippen LogP contribution in [0.2, 0.25) is 0 Å². The Balaban J connectivity index is 1.75. The van der Waals surface area contributed by atoms with Crippen LogP contribution in [0.4, 0.5) is 14.5 Å². The molecule has 0 spiro atoms. The lowest BCUT2D eigenvalue weighted by Gasteiger charge is -2.31. The molecule has 0 fully saturated rings. The average Bonchev–Trinajstić information content (AvgIpc) is 2.75. The van der Waals surface area contributed by atoms with Crippen LogP contribution in [0.15, 0.2) is 53.7 Å². The maximum atomic E-state index is 13.8. The summed E-state index contributed by atoms with van der Waals surface area (Å²) in [6.45, 7) is 10.8. The third-order valence-electron chi connectivity index (χ3n) is 5.00. The second-order valence-electron chi connectivity index (χ2n) is 7.49. The smallest absolute Gasteiger partial charge is 0.151 e. The predicted octanol–water partition coefficient (Wildman–Crippen LogP) is 6.24. The number of hydrogen-bond acceptors (Lipinski definition) is 5. The molecule has 170 valence electrons. The van der Waals surface area contributed by atoms with E-state index < -0.39 is 11.6 Å². The van der Waals surface area contributed by atoms with Gasteiger partial charge >= 0.3 is 0 Å². The lowest BCUT2D eigenvalue weighted by molar-refractivity contribution is 0.200. The molecule has 0 amide bonds. The van der Waals surface area contributed by atoms with E-state index in [4.69, 9.17) is 21.1 Å². The summed E-state index contributed by atoms with van der Waals surface area (Å²) in [6, 6.07) is 2.70. The average molecular weight is 462 g/mol. The van der Waals surface area contributed by atoms with Crippen LogP contribution in [0, 0.1) is 18.6 Å². The largest absolute Gasteiger partial charge is 0.492 e. The van der Waals surface area contributed by atoms with Crippen LogP contribution in [0.25, 0.3) is 5.76 Å². The highest BCUT2D eigenvalue weighted by Gasteiger charge is 2.22. The van der Waals surface area contributed by atoms with E-state index in [-0.39, 0.29) is 12.3 Å². The zero-order valence-corrected chi connectivity index (χ0v) is 19.2. The van der Waals surface area contributed by atoms with Gasteiger partial charge in [0.05, 0.1) is 24.4 Å². The summed E-state index contributed by atoms with van der Waals surface area (Å²) in [5, 5.41) is 0.453. The summed E-state index contributed by atoms with van der Waals surface area (Å²) in [6.07, 6.45) is 6.49. The quantitative estimate of drug-likeness (QED) is 0.326. The molecule has 0 radical (unpaired) electrons. The molecule has 1 aliphatic rings. The minimum atomic E-state index is -0.763. The second-order valence-corrected chi connectivity index (χ2v) is 7.95. The summed E-state index contributed by atoms with van der Waals surface area (Å²) >= 11 is 6.50.